The highest BCUT2D eigenvalue weighted by atomic mass is 32.2. The molecule has 1 saturated heterocycles. The third kappa shape index (κ3) is 1.64. The molecule has 0 saturated carbocycles. The lowest BCUT2D eigenvalue weighted by molar-refractivity contribution is 0.153. The molecule has 1 heterocycles. The Morgan fingerprint density at radius 2 is 2.08 bits per heavy atom. The van der Waals surface area contributed by atoms with Gasteiger partial charge in [0, 0.05) is 12.0 Å². The van der Waals surface area contributed by atoms with Crippen molar-refractivity contribution in [2.75, 3.05) is 12.4 Å². The van der Waals surface area contributed by atoms with E-state index in [4.69, 9.17) is 5.11 Å². The molecule has 0 amide bonds. The number of sulfone groups is 1. The van der Waals surface area contributed by atoms with E-state index in [-0.39, 0.29) is 11.9 Å². The van der Waals surface area contributed by atoms with Gasteiger partial charge in [-0.3, -0.25) is 0 Å². The van der Waals surface area contributed by atoms with Gasteiger partial charge in [-0.1, -0.05) is 13.8 Å². The van der Waals surface area contributed by atoms with Crippen LogP contribution in [0, 0.1) is 5.41 Å². The lowest BCUT2D eigenvalue weighted by atomic mass is 9.88. The smallest absolute Gasteiger partial charge is 0.153 e. The van der Waals surface area contributed by atoms with Crippen molar-refractivity contribution in [2.45, 2.75) is 31.9 Å². The van der Waals surface area contributed by atoms with Crippen LogP contribution in [0.3, 0.4) is 0 Å². The number of hydrogen-bond acceptors (Lipinski definition) is 3. The van der Waals surface area contributed by atoms with E-state index < -0.39 is 15.3 Å². The van der Waals surface area contributed by atoms with Gasteiger partial charge >= 0.3 is 0 Å². The Labute approximate surface area is 73.7 Å². The summed E-state index contributed by atoms with van der Waals surface area (Å²) >= 11 is 0. The van der Waals surface area contributed by atoms with E-state index in [1.807, 2.05) is 0 Å². The molecule has 1 atom stereocenters. The quantitative estimate of drug-likeness (QED) is 0.696. The van der Waals surface area contributed by atoms with Gasteiger partial charge in [0.1, 0.15) is 0 Å². The molecule has 1 unspecified atom stereocenters. The highest BCUT2D eigenvalue weighted by Crippen LogP contribution is 2.34. The molecule has 0 aliphatic carbocycles. The predicted octanol–water partition coefficient (Wildman–Crippen LogP) is 0.582. The Morgan fingerprint density at radius 3 is 2.42 bits per heavy atom. The van der Waals surface area contributed by atoms with Crippen molar-refractivity contribution in [2.24, 2.45) is 5.41 Å². The van der Waals surface area contributed by atoms with E-state index in [9.17, 15) is 8.42 Å². The molecule has 72 valence electrons. The Hall–Kier alpha value is -0.0900. The largest absolute Gasteiger partial charge is 0.396 e. The first-order valence-electron chi connectivity index (χ1n) is 4.22. The monoisotopic (exact) mass is 192 g/mol. The minimum atomic E-state index is -2.92. The van der Waals surface area contributed by atoms with Crippen LogP contribution in [0.1, 0.15) is 26.7 Å². The first-order chi connectivity index (χ1) is 5.40. The third-order valence-electron chi connectivity index (χ3n) is 2.61. The second kappa shape index (κ2) is 3.00. The van der Waals surface area contributed by atoms with Crippen LogP contribution in [0.5, 0.6) is 0 Å². The van der Waals surface area contributed by atoms with Crippen molar-refractivity contribution in [3.8, 4) is 0 Å². The molecule has 1 N–H and O–H groups in total. The molecule has 1 rings (SSSR count). The van der Waals surface area contributed by atoms with E-state index in [1.165, 1.54) is 0 Å². The minimum Gasteiger partial charge on any atom is -0.396 e. The summed E-state index contributed by atoms with van der Waals surface area (Å²) in [6.07, 6.45) is 1.45. The Morgan fingerprint density at radius 1 is 1.50 bits per heavy atom. The van der Waals surface area contributed by atoms with Gasteiger partial charge in [0.15, 0.2) is 9.84 Å². The van der Waals surface area contributed by atoms with Crippen LogP contribution in [-0.4, -0.2) is 31.1 Å². The van der Waals surface area contributed by atoms with Gasteiger partial charge < -0.3 is 5.11 Å². The Bertz CT molecular complexity index is 253. The summed E-state index contributed by atoms with van der Waals surface area (Å²) in [4.78, 5) is 0. The van der Waals surface area contributed by atoms with Gasteiger partial charge in [-0.2, -0.15) is 0 Å². The molecular formula is C8H16O3S. The highest BCUT2D eigenvalue weighted by Gasteiger charge is 2.42. The van der Waals surface area contributed by atoms with Crippen LogP contribution in [0.25, 0.3) is 0 Å². The predicted molar refractivity (Wildman–Crippen MR) is 47.7 cm³/mol. The standard InChI is InChI=1S/C8H16O3S/c1-8(2,6-9)7-4-3-5-12(7,10)11/h7,9H,3-6H2,1-2H3. The summed E-state index contributed by atoms with van der Waals surface area (Å²) < 4.78 is 22.9. The molecular weight excluding hydrogens is 176 g/mol. The van der Waals surface area contributed by atoms with Crippen molar-refractivity contribution in [3.63, 3.8) is 0 Å². The van der Waals surface area contributed by atoms with Gasteiger partial charge in [-0.05, 0) is 12.8 Å². The zero-order valence-corrected chi connectivity index (χ0v) is 8.39. The molecule has 3 nitrogen and oxygen atoms in total. The van der Waals surface area contributed by atoms with E-state index >= 15 is 0 Å². The fourth-order valence-electron chi connectivity index (χ4n) is 1.77. The molecule has 0 spiro atoms. The van der Waals surface area contributed by atoms with Crippen molar-refractivity contribution in [3.05, 3.63) is 0 Å². The average Bonchev–Trinajstić information content (AvgIpc) is 2.30. The normalized spacial score (nSPS) is 29.1. The summed E-state index contributed by atoms with van der Waals surface area (Å²) in [6.45, 7) is 3.55. The van der Waals surface area contributed by atoms with Gasteiger partial charge in [0.2, 0.25) is 0 Å². The van der Waals surface area contributed by atoms with Crippen molar-refractivity contribution < 1.29 is 13.5 Å². The van der Waals surface area contributed by atoms with Gasteiger partial charge in [0.05, 0.1) is 11.0 Å². The second-order valence-electron chi connectivity index (χ2n) is 4.14. The molecule has 4 heteroatoms. The molecule has 0 aromatic heterocycles. The molecule has 1 aliphatic rings. The summed E-state index contributed by atoms with van der Waals surface area (Å²) in [5.41, 5.74) is -0.477. The van der Waals surface area contributed by atoms with E-state index in [0.717, 1.165) is 6.42 Å². The van der Waals surface area contributed by atoms with Crippen LogP contribution in [0.15, 0.2) is 0 Å². The van der Waals surface area contributed by atoms with Crippen molar-refractivity contribution in [1.82, 2.24) is 0 Å². The number of hydrogen-bond donors (Lipinski definition) is 1. The number of aliphatic hydroxyl groups excluding tert-OH is 1. The Kier molecular flexibility index (Phi) is 2.50. The van der Waals surface area contributed by atoms with Crippen molar-refractivity contribution in [1.29, 1.82) is 0 Å². The van der Waals surface area contributed by atoms with Crippen LogP contribution in [0.2, 0.25) is 0 Å². The molecule has 0 aromatic rings. The number of aliphatic hydroxyl groups is 1. The third-order valence-corrected chi connectivity index (χ3v) is 5.21. The maximum Gasteiger partial charge on any atom is 0.153 e. The topological polar surface area (TPSA) is 54.4 Å². The summed E-state index contributed by atoms with van der Waals surface area (Å²) in [5, 5.41) is 8.68. The van der Waals surface area contributed by atoms with Crippen molar-refractivity contribution >= 4 is 9.84 Å². The maximum atomic E-state index is 11.5. The summed E-state index contributed by atoms with van der Waals surface area (Å²) in [5.74, 6) is 0.293. The second-order valence-corrected chi connectivity index (χ2v) is 6.45. The first kappa shape index (κ1) is 9.99. The van der Waals surface area contributed by atoms with Crippen LogP contribution in [0.4, 0.5) is 0 Å². The SMILES string of the molecule is CC(C)(CO)C1CCCS1(=O)=O. The van der Waals surface area contributed by atoms with E-state index in [2.05, 4.69) is 0 Å². The zero-order chi connectivity index (χ0) is 9.41. The summed E-state index contributed by atoms with van der Waals surface area (Å²) in [7, 11) is -2.92. The van der Waals surface area contributed by atoms with E-state index in [1.54, 1.807) is 13.8 Å². The molecule has 12 heavy (non-hydrogen) atoms. The van der Waals surface area contributed by atoms with E-state index in [0.29, 0.717) is 12.2 Å². The Balaban J connectivity index is 2.90. The molecule has 1 fully saturated rings. The average molecular weight is 192 g/mol. The molecule has 0 aromatic carbocycles. The van der Waals surface area contributed by atoms with Crippen LogP contribution >= 0.6 is 0 Å². The molecule has 0 radical (unpaired) electrons. The molecule has 0 bridgehead atoms. The zero-order valence-electron chi connectivity index (χ0n) is 7.58. The van der Waals surface area contributed by atoms with Crippen LogP contribution in [-0.2, 0) is 9.84 Å². The van der Waals surface area contributed by atoms with Gasteiger partial charge in [0.25, 0.3) is 0 Å². The lowest BCUT2D eigenvalue weighted by Gasteiger charge is -2.27. The minimum absolute atomic E-state index is 0.0586. The maximum absolute atomic E-state index is 11.5. The lowest BCUT2D eigenvalue weighted by Crippen LogP contribution is -2.36. The van der Waals surface area contributed by atoms with Gasteiger partial charge in [-0.15, -0.1) is 0 Å². The van der Waals surface area contributed by atoms with Crippen LogP contribution < -0.4 is 0 Å². The fraction of sp³-hybridized carbons (Fsp3) is 1.00. The number of rotatable bonds is 2. The first-order valence-corrected chi connectivity index (χ1v) is 5.94. The highest BCUT2D eigenvalue weighted by molar-refractivity contribution is 7.92. The molecule has 1 aliphatic heterocycles. The summed E-state index contributed by atoms with van der Waals surface area (Å²) in [6, 6.07) is 0. The fourth-order valence-corrected chi connectivity index (χ4v) is 4.20. The van der Waals surface area contributed by atoms with Gasteiger partial charge in [-0.25, -0.2) is 8.42 Å².